The number of nitrogens with one attached hydrogen (secondary N) is 3. The van der Waals surface area contributed by atoms with E-state index in [0.29, 0.717) is 11.3 Å². The molecule has 0 saturated heterocycles. The Morgan fingerprint density at radius 2 is 1.97 bits per heavy atom. The van der Waals surface area contributed by atoms with E-state index in [9.17, 15) is 9.18 Å². The minimum Gasteiger partial charge on any atom is -0.355 e. The van der Waals surface area contributed by atoms with Crippen LogP contribution in [0.3, 0.4) is 0 Å². The summed E-state index contributed by atoms with van der Waals surface area (Å²) in [6, 6.07) is 16.5. The van der Waals surface area contributed by atoms with Crippen molar-refractivity contribution in [2.24, 2.45) is 0 Å². The third kappa shape index (κ3) is 4.23. The first-order valence-corrected chi connectivity index (χ1v) is 9.54. The van der Waals surface area contributed by atoms with E-state index in [-0.39, 0.29) is 23.3 Å². The van der Waals surface area contributed by atoms with Crippen LogP contribution in [-0.2, 0) is 6.42 Å². The molecule has 2 aromatic heterocycles. The second-order valence-corrected chi connectivity index (χ2v) is 6.98. The number of benzene rings is 2. The number of amides is 1. The Balaban J connectivity index is 1.67. The van der Waals surface area contributed by atoms with Gasteiger partial charge in [-0.15, -0.1) is 0 Å². The van der Waals surface area contributed by atoms with Crippen LogP contribution in [0.1, 0.15) is 15.9 Å². The Morgan fingerprint density at radius 3 is 2.77 bits per heavy atom. The lowest BCUT2D eigenvalue weighted by Crippen LogP contribution is -2.30. The van der Waals surface area contributed by atoms with Crippen molar-refractivity contribution in [2.75, 3.05) is 7.05 Å². The number of hydrogen-bond donors (Lipinski definition) is 3. The van der Waals surface area contributed by atoms with Gasteiger partial charge in [0, 0.05) is 36.2 Å². The van der Waals surface area contributed by atoms with Crippen molar-refractivity contribution in [3.8, 4) is 11.3 Å². The van der Waals surface area contributed by atoms with Crippen molar-refractivity contribution in [3.05, 3.63) is 89.3 Å². The summed E-state index contributed by atoms with van der Waals surface area (Å²) in [7, 11) is 1.47. The molecule has 0 fully saturated rings. The van der Waals surface area contributed by atoms with E-state index in [2.05, 4.69) is 15.4 Å². The highest BCUT2D eigenvalue weighted by Gasteiger charge is 2.12. The van der Waals surface area contributed by atoms with Crippen molar-refractivity contribution < 1.29 is 9.18 Å². The molecule has 154 valence electrons. The molecule has 4 rings (SSSR count). The van der Waals surface area contributed by atoms with E-state index < -0.39 is 11.7 Å². The fourth-order valence-corrected chi connectivity index (χ4v) is 3.30. The maximum absolute atomic E-state index is 14.1. The summed E-state index contributed by atoms with van der Waals surface area (Å²) in [5.74, 6) is -0.887. The smallest absolute Gasteiger partial charge is 0.251 e. The minimum atomic E-state index is -0.570. The van der Waals surface area contributed by atoms with Crippen LogP contribution in [0.2, 0.25) is 0 Å². The van der Waals surface area contributed by atoms with Gasteiger partial charge < -0.3 is 5.32 Å². The lowest BCUT2D eigenvalue weighted by atomic mass is 10.1. The summed E-state index contributed by atoms with van der Waals surface area (Å²) in [6.07, 6.45) is 1.98. The topological polar surface area (TPSA) is 108 Å². The zero-order chi connectivity index (χ0) is 22.0. The second-order valence-electron chi connectivity index (χ2n) is 6.98. The molecule has 0 aliphatic rings. The molecule has 2 heterocycles. The first-order chi connectivity index (χ1) is 14.9. The highest BCUT2D eigenvalue weighted by molar-refractivity contribution is 5.95. The van der Waals surface area contributed by atoms with Crippen LogP contribution in [0.4, 0.5) is 4.39 Å². The van der Waals surface area contributed by atoms with Crippen LogP contribution in [0, 0.1) is 16.6 Å². The first kappa shape index (κ1) is 20.1. The van der Waals surface area contributed by atoms with Gasteiger partial charge in [-0.3, -0.25) is 20.6 Å². The number of fused-ring (bicyclic) bond motifs is 1. The predicted octanol–water partition coefficient (Wildman–Crippen LogP) is 3.14. The largest absolute Gasteiger partial charge is 0.355 e. The molecule has 0 bridgehead atoms. The quantitative estimate of drug-likeness (QED) is 0.353. The molecule has 0 aliphatic heterocycles. The van der Waals surface area contributed by atoms with Gasteiger partial charge >= 0.3 is 0 Å². The number of hydrogen-bond acceptors (Lipinski definition) is 5. The van der Waals surface area contributed by atoms with Gasteiger partial charge in [-0.05, 0) is 54.1 Å². The number of carbonyl (C=O) groups excluding carboxylic acids is 1. The molecule has 7 nitrogen and oxygen atoms in total. The number of nitrogens with zero attached hydrogens (tertiary/aromatic N) is 3. The second kappa shape index (κ2) is 8.27. The Labute approximate surface area is 177 Å². The SMILES string of the molecule is CNC(=O)c1cc(F)cc(-c2ccc(=N)n(C(=N)Cc3ccc4ncccc4c3)n2)c1. The third-order valence-electron chi connectivity index (χ3n) is 4.81. The summed E-state index contributed by atoms with van der Waals surface area (Å²) in [4.78, 5) is 16.2. The van der Waals surface area contributed by atoms with Crippen LogP contribution in [0.5, 0.6) is 0 Å². The van der Waals surface area contributed by atoms with E-state index in [1.165, 1.54) is 29.9 Å². The summed E-state index contributed by atoms with van der Waals surface area (Å²) in [5, 5.41) is 24.4. The summed E-state index contributed by atoms with van der Waals surface area (Å²) in [5.41, 5.74) is 2.69. The minimum absolute atomic E-state index is 0.0270. The van der Waals surface area contributed by atoms with Gasteiger partial charge in [0.2, 0.25) is 0 Å². The van der Waals surface area contributed by atoms with Gasteiger partial charge in [0.05, 0.1) is 11.2 Å². The van der Waals surface area contributed by atoms with E-state index >= 15 is 0 Å². The van der Waals surface area contributed by atoms with Gasteiger partial charge in [-0.25, -0.2) is 9.07 Å². The molecule has 0 spiro atoms. The highest BCUT2D eigenvalue weighted by atomic mass is 19.1. The zero-order valence-electron chi connectivity index (χ0n) is 16.7. The Kier molecular flexibility index (Phi) is 5.36. The number of pyridine rings is 1. The molecule has 0 atom stereocenters. The molecule has 0 aliphatic carbocycles. The standard InChI is InChI=1S/C23H19FN6O/c1-27-23(31)17-11-16(12-18(24)13-17)20-6-7-21(25)30(29-20)22(26)10-14-4-5-19-15(9-14)3-2-8-28-19/h2-9,11-13,25-26H,10H2,1H3,(H,27,31). The lowest BCUT2D eigenvalue weighted by molar-refractivity contribution is 0.0962. The maximum Gasteiger partial charge on any atom is 0.251 e. The van der Waals surface area contributed by atoms with Crippen molar-refractivity contribution in [1.82, 2.24) is 20.1 Å². The van der Waals surface area contributed by atoms with E-state index in [1.54, 1.807) is 12.3 Å². The van der Waals surface area contributed by atoms with Gasteiger partial charge in [0.15, 0.2) is 0 Å². The number of carbonyl (C=O) groups is 1. The van der Waals surface area contributed by atoms with Gasteiger partial charge in [-0.2, -0.15) is 5.10 Å². The number of rotatable bonds is 4. The van der Waals surface area contributed by atoms with Crippen LogP contribution in [0.15, 0.2) is 66.9 Å². The number of halogens is 1. The average molecular weight is 414 g/mol. The molecule has 1 amide bonds. The van der Waals surface area contributed by atoms with Crippen molar-refractivity contribution in [1.29, 1.82) is 10.8 Å². The molecule has 0 radical (unpaired) electrons. The molecule has 8 heteroatoms. The maximum atomic E-state index is 14.1. The Bertz CT molecular complexity index is 1380. The van der Waals surface area contributed by atoms with E-state index in [4.69, 9.17) is 10.8 Å². The Morgan fingerprint density at radius 1 is 1.13 bits per heavy atom. The average Bonchev–Trinajstić information content (AvgIpc) is 2.78. The molecule has 31 heavy (non-hydrogen) atoms. The zero-order valence-corrected chi connectivity index (χ0v) is 16.7. The van der Waals surface area contributed by atoms with Gasteiger partial charge in [-0.1, -0.05) is 12.1 Å². The molecule has 3 N–H and O–H groups in total. The summed E-state index contributed by atoms with van der Waals surface area (Å²) in [6.45, 7) is 0. The number of aromatic nitrogens is 3. The van der Waals surface area contributed by atoms with Gasteiger partial charge in [0.1, 0.15) is 17.1 Å². The van der Waals surface area contributed by atoms with Crippen molar-refractivity contribution in [3.63, 3.8) is 0 Å². The highest BCUT2D eigenvalue weighted by Crippen LogP contribution is 2.20. The first-order valence-electron chi connectivity index (χ1n) is 9.54. The molecular weight excluding hydrogens is 395 g/mol. The molecule has 0 unspecified atom stereocenters. The molecule has 2 aromatic carbocycles. The van der Waals surface area contributed by atoms with Crippen LogP contribution in [0.25, 0.3) is 22.2 Å². The summed E-state index contributed by atoms with van der Waals surface area (Å²) >= 11 is 0. The molecule has 0 saturated carbocycles. The van der Waals surface area contributed by atoms with Gasteiger partial charge in [0.25, 0.3) is 5.91 Å². The normalized spacial score (nSPS) is 10.8. The predicted molar refractivity (Wildman–Crippen MR) is 115 cm³/mol. The molecule has 4 aromatic rings. The monoisotopic (exact) mass is 414 g/mol. The summed E-state index contributed by atoms with van der Waals surface area (Å²) < 4.78 is 15.3. The van der Waals surface area contributed by atoms with Crippen LogP contribution >= 0.6 is 0 Å². The fraction of sp³-hybridized carbons (Fsp3) is 0.0870. The van der Waals surface area contributed by atoms with E-state index in [1.807, 2.05) is 30.3 Å². The van der Waals surface area contributed by atoms with Crippen LogP contribution < -0.4 is 10.8 Å². The third-order valence-corrected chi connectivity index (χ3v) is 4.81. The van der Waals surface area contributed by atoms with Crippen LogP contribution in [-0.4, -0.2) is 33.6 Å². The Hall–Kier alpha value is -4.20. The fourth-order valence-electron chi connectivity index (χ4n) is 3.30. The molecular formula is C23H19FN6O. The van der Waals surface area contributed by atoms with E-state index in [0.717, 1.165) is 22.5 Å². The lowest BCUT2D eigenvalue weighted by Gasteiger charge is -2.11. The van der Waals surface area contributed by atoms with Crippen molar-refractivity contribution in [2.45, 2.75) is 6.42 Å². The van der Waals surface area contributed by atoms with Crippen molar-refractivity contribution >= 4 is 22.6 Å².